The van der Waals surface area contributed by atoms with E-state index in [0.29, 0.717) is 17.4 Å². The van der Waals surface area contributed by atoms with Crippen LogP contribution in [0.25, 0.3) is 22.6 Å². The van der Waals surface area contributed by atoms with Crippen LogP contribution in [0.4, 0.5) is 5.69 Å². The van der Waals surface area contributed by atoms with Gasteiger partial charge in [-0.1, -0.05) is 26.0 Å². The van der Waals surface area contributed by atoms with E-state index in [1.165, 1.54) is 5.56 Å². The van der Waals surface area contributed by atoms with Gasteiger partial charge in [-0.05, 0) is 60.4 Å². The molecule has 2 aromatic carbocycles. The number of aryl methyl sites for hydroxylation is 1. The van der Waals surface area contributed by atoms with Gasteiger partial charge < -0.3 is 9.73 Å². The Morgan fingerprint density at radius 1 is 1.11 bits per heavy atom. The minimum atomic E-state index is -0.201. The Morgan fingerprint density at radius 3 is 2.71 bits per heavy atom. The quantitative estimate of drug-likeness (QED) is 0.509. The number of carbonyl (C=O) groups is 1. The molecule has 2 heterocycles. The molecule has 140 valence electrons. The maximum absolute atomic E-state index is 12.5. The predicted molar refractivity (Wildman–Crippen MR) is 110 cm³/mol. The molecule has 0 aliphatic rings. The number of hydrogen-bond acceptors (Lipinski definition) is 4. The molecule has 5 nitrogen and oxygen atoms in total. The van der Waals surface area contributed by atoms with Gasteiger partial charge in [0.25, 0.3) is 5.91 Å². The van der Waals surface area contributed by atoms with E-state index in [1.54, 1.807) is 24.5 Å². The molecule has 0 radical (unpaired) electrons. The van der Waals surface area contributed by atoms with Crippen molar-refractivity contribution < 1.29 is 9.21 Å². The first kappa shape index (κ1) is 17.9. The molecular weight excluding hydrogens is 350 g/mol. The Kier molecular flexibility index (Phi) is 4.65. The van der Waals surface area contributed by atoms with Crippen molar-refractivity contribution in [2.24, 2.45) is 0 Å². The highest BCUT2D eigenvalue weighted by molar-refractivity contribution is 6.04. The number of nitrogens with zero attached hydrogens (tertiary/aromatic N) is 2. The summed E-state index contributed by atoms with van der Waals surface area (Å²) in [4.78, 5) is 21.1. The molecule has 28 heavy (non-hydrogen) atoms. The number of benzene rings is 2. The van der Waals surface area contributed by atoms with E-state index >= 15 is 0 Å². The molecule has 5 heteroatoms. The molecule has 0 unspecified atom stereocenters. The summed E-state index contributed by atoms with van der Waals surface area (Å²) in [5, 5.41) is 2.95. The lowest BCUT2D eigenvalue weighted by atomic mass is 10.0. The van der Waals surface area contributed by atoms with E-state index < -0.39 is 0 Å². The van der Waals surface area contributed by atoms with Crippen LogP contribution in [0.5, 0.6) is 0 Å². The minimum absolute atomic E-state index is 0.201. The summed E-state index contributed by atoms with van der Waals surface area (Å²) in [5.74, 6) is 0.762. The number of rotatable bonds is 4. The zero-order valence-corrected chi connectivity index (χ0v) is 16.1. The van der Waals surface area contributed by atoms with Gasteiger partial charge in [-0.25, -0.2) is 4.98 Å². The van der Waals surface area contributed by atoms with Crippen molar-refractivity contribution in [3.63, 3.8) is 0 Å². The molecule has 0 saturated heterocycles. The second-order valence-corrected chi connectivity index (χ2v) is 7.13. The number of hydrogen-bond donors (Lipinski definition) is 1. The normalized spacial score (nSPS) is 11.1. The molecule has 4 rings (SSSR count). The lowest BCUT2D eigenvalue weighted by molar-refractivity contribution is 0.102. The van der Waals surface area contributed by atoms with Gasteiger partial charge in [-0.15, -0.1) is 0 Å². The van der Waals surface area contributed by atoms with Crippen LogP contribution in [0, 0.1) is 6.92 Å². The first-order valence-electron chi connectivity index (χ1n) is 9.24. The van der Waals surface area contributed by atoms with Crippen LogP contribution in [0.15, 0.2) is 65.3 Å². The smallest absolute Gasteiger partial charge is 0.257 e. The SMILES string of the molecule is Cc1ccc(-c2nc3cc(C(C)C)ccc3o2)cc1NC(=O)c1cccnc1. The number of aromatic nitrogens is 2. The molecule has 0 atom stereocenters. The van der Waals surface area contributed by atoms with Crippen LogP contribution in [0.1, 0.15) is 41.3 Å². The number of fused-ring (bicyclic) bond motifs is 1. The summed E-state index contributed by atoms with van der Waals surface area (Å²) < 4.78 is 5.94. The fourth-order valence-corrected chi connectivity index (χ4v) is 3.01. The number of nitrogens with one attached hydrogen (secondary N) is 1. The largest absolute Gasteiger partial charge is 0.436 e. The van der Waals surface area contributed by atoms with Crippen molar-refractivity contribution in [2.45, 2.75) is 26.7 Å². The van der Waals surface area contributed by atoms with Crippen molar-refractivity contribution in [1.29, 1.82) is 0 Å². The summed E-state index contributed by atoms with van der Waals surface area (Å²) in [6, 6.07) is 15.3. The van der Waals surface area contributed by atoms with Gasteiger partial charge in [0.2, 0.25) is 5.89 Å². The molecule has 0 aliphatic heterocycles. The van der Waals surface area contributed by atoms with Crippen molar-refractivity contribution in [1.82, 2.24) is 9.97 Å². The lowest BCUT2D eigenvalue weighted by Gasteiger charge is -2.09. The van der Waals surface area contributed by atoms with Gasteiger partial charge in [0, 0.05) is 23.6 Å². The fourth-order valence-electron chi connectivity index (χ4n) is 3.01. The number of anilines is 1. The van der Waals surface area contributed by atoms with Crippen LogP contribution in [-0.2, 0) is 0 Å². The maximum Gasteiger partial charge on any atom is 0.257 e. The standard InChI is InChI=1S/C23H21N3O2/c1-14(2)16-8-9-21-20(11-16)26-23(28-21)17-7-6-15(3)19(12-17)25-22(27)18-5-4-10-24-13-18/h4-14H,1-3H3,(H,25,27). The van der Waals surface area contributed by atoms with Crippen molar-refractivity contribution in [2.75, 3.05) is 5.32 Å². The summed E-state index contributed by atoms with van der Waals surface area (Å²) >= 11 is 0. The third-order valence-electron chi connectivity index (χ3n) is 4.73. The molecule has 4 aromatic rings. The van der Waals surface area contributed by atoms with Crippen LogP contribution in [0.3, 0.4) is 0 Å². The van der Waals surface area contributed by atoms with Gasteiger partial charge in [-0.2, -0.15) is 0 Å². The average molecular weight is 371 g/mol. The van der Waals surface area contributed by atoms with Gasteiger partial charge in [-0.3, -0.25) is 9.78 Å². The third kappa shape index (κ3) is 3.51. The van der Waals surface area contributed by atoms with Gasteiger partial charge >= 0.3 is 0 Å². The van der Waals surface area contributed by atoms with Gasteiger partial charge in [0.15, 0.2) is 5.58 Å². The summed E-state index contributed by atoms with van der Waals surface area (Å²) in [5.41, 5.74) is 5.81. The molecule has 1 N–H and O–H groups in total. The number of oxazole rings is 1. The van der Waals surface area contributed by atoms with E-state index in [9.17, 15) is 4.79 Å². The number of pyridine rings is 1. The van der Waals surface area contributed by atoms with Crippen LogP contribution >= 0.6 is 0 Å². The first-order valence-corrected chi connectivity index (χ1v) is 9.24. The Labute approximate surface area is 163 Å². The fraction of sp³-hybridized carbons (Fsp3) is 0.174. The van der Waals surface area contributed by atoms with Gasteiger partial charge in [0.05, 0.1) is 5.56 Å². The highest BCUT2D eigenvalue weighted by Gasteiger charge is 2.13. The Bertz CT molecular complexity index is 1150. The second-order valence-electron chi connectivity index (χ2n) is 7.13. The zero-order chi connectivity index (χ0) is 19.7. The lowest BCUT2D eigenvalue weighted by Crippen LogP contribution is -2.13. The van der Waals surface area contributed by atoms with E-state index in [0.717, 1.165) is 27.9 Å². The van der Waals surface area contributed by atoms with E-state index in [4.69, 9.17) is 4.42 Å². The Morgan fingerprint density at radius 2 is 1.96 bits per heavy atom. The molecule has 2 aromatic heterocycles. The number of amides is 1. The molecule has 0 saturated carbocycles. The van der Waals surface area contributed by atoms with Crippen LogP contribution in [-0.4, -0.2) is 15.9 Å². The van der Waals surface area contributed by atoms with E-state index in [-0.39, 0.29) is 5.91 Å². The summed E-state index contributed by atoms with van der Waals surface area (Å²) in [6.07, 6.45) is 3.18. The molecule has 0 aliphatic carbocycles. The molecule has 0 fully saturated rings. The molecular formula is C23H21N3O2. The monoisotopic (exact) mass is 371 g/mol. The molecule has 0 bridgehead atoms. The predicted octanol–water partition coefficient (Wildman–Crippen LogP) is 5.57. The first-order chi connectivity index (χ1) is 13.5. The third-order valence-corrected chi connectivity index (χ3v) is 4.73. The van der Waals surface area contributed by atoms with Crippen molar-refractivity contribution >= 4 is 22.7 Å². The minimum Gasteiger partial charge on any atom is -0.436 e. The number of carbonyl (C=O) groups excluding carboxylic acids is 1. The van der Waals surface area contributed by atoms with E-state index in [2.05, 4.69) is 41.3 Å². The Hall–Kier alpha value is -3.47. The van der Waals surface area contributed by atoms with Crippen molar-refractivity contribution in [3.8, 4) is 11.5 Å². The average Bonchev–Trinajstić information content (AvgIpc) is 3.13. The zero-order valence-electron chi connectivity index (χ0n) is 16.1. The summed E-state index contributed by atoms with van der Waals surface area (Å²) in [7, 11) is 0. The second kappa shape index (κ2) is 7.27. The van der Waals surface area contributed by atoms with Crippen molar-refractivity contribution in [3.05, 3.63) is 77.6 Å². The summed E-state index contributed by atoms with van der Waals surface area (Å²) in [6.45, 7) is 6.25. The van der Waals surface area contributed by atoms with E-state index in [1.807, 2.05) is 31.2 Å². The van der Waals surface area contributed by atoms with Gasteiger partial charge in [0.1, 0.15) is 5.52 Å². The van der Waals surface area contributed by atoms with Crippen LogP contribution in [0.2, 0.25) is 0 Å². The maximum atomic E-state index is 12.5. The molecule has 1 amide bonds. The topological polar surface area (TPSA) is 68.0 Å². The van der Waals surface area contributed by atoms with Crippen LogP contribution < -0.4 is 5.32 Å². The Balaban J connectivity index is 1.67. The highest BCUT2D eigenvalue weighted by Crippen LogP contribution is 2.29. The highest BCUT2D eigenvalue weighted by atomic mass is 16.3. The molecule has 0 spiro atoms.